The summed E-state index contributed by atoms with van der Waals surface area (Å²) in [6.07, 6.45) is -2.19. The summed E-state index contributed by atoms with van der Waals surface area (Å²) in [6.45, 7) is 0. The molecule has 0 aromatic heterocycles. The SMILES string of the molecule is O=C1OC(=O)Oc2cc3ccccc3cc2O1. The lowest BCUT2D eigenvalue weighted by Crippen LogP contribution is -2.14. The van der Waals surface area contributed by atoms with Crippen molar-refractivity contribution in [3.8, 4) is 11.5 Å². The van der Waals surface area contributed by atoms with E-state index in [-0.39, 0.29) is 11.5 Å². The van der Waals surface area contributed by atoms with E-state index in [0.29, 0.717) is 0 Å². The Morgan fingerprint density at radius 1 is 0.706 bits per heavy atom. The summed E-state index contributed by atoms with van der Waals surface area (Å²) in [7, 11) is 0. The predicted octanol–water partition coefficient (Wildman–Crippen LogP) is 2.87. The highest BCUT2D eigenvalue weighted by Crippen LogP contribution is 2.34. The van der Waals surface area contributed by atoms with Crippen LogP contribution in [0.5, 0.6) is 11.5 Å². The zero-order valence-electron chi connectivity index (χ0n) is 8.51. The van der Waals surface area contributed by atoms with Gasteiger partial charge in [-0.1, -0.05) is 24.3 Å². The van der Waals surface area contributed by atoms with Gasteiger partial charge in [0.2, 0.25) is 0 Å². The van der Waals surface area contributed by atoms with Crippen LogP contribution >= 0.6 is 0 Å². The molecule has 17 heavy (non-hydrogen) atoms. The number of carbonyl (C=O) groups excluding carboxylic acids is 2. The highest BCUT2D eigenvalue weighted by atomic mass is 16.8. The number of benzene rings is 2. The molecule has 2 aromatic rings. The van der Waals surface area contributed by atoms with Crippen molar-refractivity contribution in [1.29, 1.82) is 0 Å². The molecule has 0 aliphatic carbocycles. The van der Waals surface area contributed by atoms with Crippen molar-refractivity contribution in [3.63, 3.8) is 0 Å². The summed E-state index contributed by atoms with van der Waals surface area (Å²) in [5, 5.41) is 1.74. The summed E-state index contributed by atoms with van der Waals surface area (Å²) in [6, 6.07) is 10.7. The maximum absolute atomic E-state index is 11.0. The molecule has 0 bridgehead atoms. The maximum Gasteiger partial charge on any atom is 0.524 e. The largest absolute Gasteiger partial charge is 0.524 e. The second kappa shape index (κ2) is 3.48. The van der Waals surface area contributed by atoms with Crippen LogP contribution in [0.1, 0.15) is 0 Å². The van der Waals surface area contributed by atoms with Gasteiger partial charge in [-0.15, -0.1) is 0 Å². The predicted molar refractivity (Wildman–Crippen MR) is 57.1 cm³/mol. The van der Waals surface area contributed by atoms with Crippen LogP contribution in [0, 0.1) is 0 Å². The van der Waals surface area contributed by atoms with Crippen molar-refractivity contribution < 1.29 is 23.8 Å². The van der Waals surface area contributed by atoms with Crippen molar-refractivity contribution >= 4 is 23.1 Å². The van der Waals surface area contributed by atoms with Crippen molar-refractivity contribution in [2.24, 2.45) is 0 Å². The molecule has 0 amide bonds. The molecule has 2 aromatic carbocycles. The van der Waals surface area contributed by atoms with Gasteiger partial charge < -0.3 is 14.2 Å². The Kier molecular flexibility index (Phi) is 1.98. The Balaban J connectivity index is 2.21. The standard InChI is InChI=1S/C12H6O5/c13-11-15-9-5-7-3-1-2-4-8(7)6-10(9)16-12(14)17-11/h1-6H. The molecule has 1 aliphatic rings. The van der Waals surface area contributed by atoms with Gasteiger partial charge in [0.15, 0.2) is 11.5 Å². The molecule has 1 aliphatic heterocycles. The highest BCUT2D eigenvalue weighted by molar-refractivity contribution is 5.90. The van der Waals surface area contributed by atoms with Crippen molar-refractivity contribution in [2.45, 2.75) is 0 Å². The van der Waals surface area contributed by atoms with Crippen LogP contribution in [-0.2, 0) is 4.74 Å². The molecular weight excluding hydrogens is 224 g/mol. The van der Waals surface area contributed by atoms with Crippen molar-refractivity contribution in [2.75, 3.05) is 0 Å². The lowest BCUT2D eigenvalue weighted by atomic mass is 10.1. The summed E-state index contributed by atoms with van der Waals surface area (Å²) in [5.74, 6) is 0.333. The second-order valence-corrected chi connectivity index (χ2v) is 3.45. The maximum atomic E-state index is 11.0. The molecule has 0 unspecified atom stereocenters. The molecule has 0 spiro atoms. The summed E-state index contributed by atoms with van der Waals surface area (Å²) in [5.41, 5.74) is 0. The first kappa shape index (κ1) is 9.65. The van der Waals surface area contributed by atoms with Gasteiger partial charge in [-0.25, -0.2) is 9.59 Å². The molecule has 3 rings (SSSR count). The lowest BCUT2D eigenvalue weighted by Gasteiger charge is -2.04. The summed E-state index contributed by atoms with van der Waals surface area (Å²) in [4.78, 5) is 22.1. The number of hydrogen-bond acceptors (Lipinski definition) is 5. The fraction of sp³-hybridized carbons (Fsp3) is 0. The van der Waals surface area contributed by atoms with Crippen LogP contribution < -0.4 is 9.47 Å². The zero-order chi connectivity index (χ0) is 11.8. The average Bonchev–Trinajstić information content (AvgIpc) is 2.42. The molecular formula is C12H6O5. The first-order valence-electron chi connectivity index (χ1n) is 4.87. The van der Waals surface area contributed by atoms with Gasteiger partial charge in [-0.05, 0) is 22.9 Å². The molecule has 5 nitrogen and oxygen atoms in total. The van der Waals surface area contributed by atoms with E-state index in [0.717, 1.165) is 10.8 Å². The molecule has 0 N–H and O–H groups in total. The van der Waals surface area contributed by atoms with Gasteiger partial charge in [-0.2, -0.15) is 0 Å². The van der Waals surface area contributed by atoms with Gasteiger partial charge in [0.1, 0.15) is 0 Å². The Labute approximate surface area is 95.5 Å². The van der Waals surface area contributed by atoms with Gasteiger partial charge in [0.25, 0.3) is 0 Å². The smallest absolute Gasteiger partial charge is 0.391 e. The number of hydrogen-bond donors (Lipinski definition) is 0. The van der Waals surface area contributed by atoms with Crippen LogP contribution in [0.4, 0.5) is 9.59 Å². The second-order valence-electron chi connectivity index (χ2n) is 3.45. The first-order valence-corrected chi connectivity index (χ1v) is 4.87. The Morgan fingerprint density at radius 3 is 1.65 bits per heavy atom. The number of carbonyl (C=O) groups is 2. The number of rotatable bonds is 0. The van der Waals surface area contributed by atoms with Crippen LogP contribution in [0.3, 0.4) is 0 Å². The highest BCUT2D eigenvalue weighted by Gasteiger charge is 2.24. The van der Waals surface area contributed by atoms with Crippen LogP contribution in [0.25, 0.3) is 10.8 Å². The van der Waals surface area contributed by atoms with Gasteiger partial charge >= 0.3 is 12.3 Å². The first-order chi connectivity index (χ1) is 8.22. The molecule has 0 saturated carbocycles. The minimum Gasteiger partial charge on any atom is -0.391 e. The fourth-order valence-corrected chi connectivity index (χ4v) is 1.65. The molecule has 0 atom stereocenters. The molecule has 5 heteroatoms. The normalized spacial score (nSPS) is 14.4. The quantitative estimate of drug-likeness (QED) is 0.395. The van der Waals surface area contributed by atoms with Gasteiger partial charge in [0, 0.05) is 0 Å². The van der Waals surface area contributed by atoms with Crippen LogP contribution in [0.15, 0.2) is 36.4 Å². The minimum atomic E-state index is -1.09. The molecule has 0 fully saturated rings. The van der Waals surface area contributed by atoms with E-state index in [1.807, 2.05) is 24.3 Å². The van der Waals surface area contributed by atoms with Crippen LogP contribution in [-0.4, -0.2) is 12.3 Å². The Morgan fingerprint density at radius 2 is 1.18 bits per heavy atom. The van der Waals surface area contributed by atoms with E-state index < -0.39 is 12.3 Å². The van der Waals surface area contributed by atoms with Crippen LogP contribution in [0.2, 0.25) is 0 Å². The van der Waals surface area contributed by atoms with E-state index in [4.69, 9.17) is 9.47 Å². The zero-order valence-corrected chi connectivity index (χ0v) is 8.51. The Hall–Kier alpha value is -2.56. The summed E-state index contributed by atoms with van der Waals surface area (Å²) < 4.78 is 13.9. The van der Waals surface area contributed by atoms with E-state index in [2.05, 4.69) is 4.74 Å². The van der Waals surface area contributed by atoms with Gasteiger partial charge in [0.05, 0.1) is 0 Å². The van der Waals surface area contributed by atoms with E-state index in [9.17, 15) is 9.59 Å². The number of cyclic esters (lactones) is 2. The van der Waals surface area contributed by atoms with E-state index >= 15 is 0 Å². The van der Waals surface area contributed by atoms with E-state index in [1.54, 1.807) is 12.1 Å². The topological polar surface area (TPSA) is 61.8 Å². The summed E-state index contributed by atoms with van der Waals surface area (Å²) >= 11 is 0. The Bertz CT molecular complexity index is 577. The van der Waals surface area contributed by atoms with Crippen molar-refractivity contribution in [1.82, 2.24) is 0 Å². The average molecular weight is 230 g/mol. The monoisotopic (exact) mass is 230 g/mol. The third-order valence-electron chi connectivity index (χ3n) is 2.37. The fourth-order valence-electron chi connectivity index (χ4n) is 1.65. The minimum absolute atomic E-state index is 0.166. The molecule has 0 radical (unpaired) electrons. The van der Waals surface area contributed by atoms with Gasteiger partial charge in [-0.3, -0.25) is 0 Å². The third kappa shape index (κ3) is 1.67. The lowest BCUT2D eigenvalue weighted by molar-refractivity contribution is 0.0998. The molecule has 1 heterocycles. The molecule has 84 valence electrons. The van der Waals surface area contributed by atoms with Crippen molar-refractivity contribution in [3.05, 3.63) is 36.4 Å². The molecule has 0 saturated heterocycles. The van der Waals surface area contributed by atoms with E-state index in [1.165, 1.54) is 0 Å². The number of ether oxygens (including phenoxy) is 3. The third-order valence-corrected chi connectivity index (χ3v) is 2.37. The number of fused-ring (bicyclic) bond motifs is 2.